The summed E-state index contributed by atoms with van der Waals surface area (Å²) >= 11 is 5.99. The van der Waals surface area contributed by atoms with Crippen LogP contribution in [0.2, 0.25) is 5.02 Å². The second kappa shape index (κ2) is 3.05. The topological polar surface area (TPSA) is 41.8 Å². The number of aromatic amines is 1. The number of H-pyrrole nitrogens is 1. The van der Waals surface area contributed by atoms with E-state index in [2.05, 4.69) is 11.1 Å². The SMILES string of the molecule is Cc1c(Cl)ccc2[nH]c(CN)cc12. The van der Waals surface area contributed by atoms with Crippen LogP contribution in [0.3, 0.4) is 0 Å². The molecule has 0 saturated heterocycles. The molecule has 0 amide bonds. The molecule has 0 saturated carbocycles. The zero-order valence-electron chi connectivity index (χ0n) is 7.39. The van der Waals surface area contributed by atoms with Gasteiger partial charge in [0, 0.05) is 28.2 Å². The number of fused-ring (bicyclic) bond motifs is 1. The summed E-state index contributed by atoms with van der Waals surface area (Å²) in [6.07, 6.45) is 0. The van der Waals surface area contributed by atoms with Gasteiger partial charge in [0.2, 0.25) is 0 Å². The van der Waals surface area contributed by atoms with Crippen molar-refractivity contribution >= 4 is 22.5 Å². The van der Waals surface area contributed by atoms with Gasteiger partial charge in [0.25, 0.3) is 0 Å². The Morgan fingerprint density at radius 2 is 2.23 bits per heavy atom. The molecule has 0 radical (unpaired) electrons. The molecule has 3 heteroatoms. The Bertz CT molecular complexity index is 445. The summed E-state index contributed by atoms with van der Waals surface area (Å²) in [6.45, 7) is 2.55. The van der Waals surface area contributed by atoms with Gasteiger partial charge < -0.3 is 10.7 Å². The first-order valence-corrected chi connectivity index (χ1v) is 4.57. The molecule has 3 N–H and O–H groups in total. The Morgan fingerprint density at radius 1 is 1.46 bits per heavy atom. The number of benzene rings is 1. The van der Waals surface area contributed by atoms with Crippen LogP contribution in [0.5, 0.6) is 0 Å². The van der Waals surface area contributed by atoms with Crippen LogP contribution in [0.15, 0.2) is 18.2 Å². The van der Waals surface area contributed by atoms with E-state index in [9.17, 15) is 0 Å². The van der Waals surface area contributed by atoms with Crippen molar-refractivity contribution in [3.8, 4) is 0 Å². The van der Waals surface area contributed by atoms with E-state index >= 15 is 0 Å². The number of rotatable bonds is 1. The fourth-order valence-electron chi connectivity index (χ4n) is 1.49. The number of nitrogens with two attached hydrogens (primary N) is 1. The van der Waals surface area contributed by atoms with Gasteiger partial charge in [0.15, 0.2) is 0 Å². The molecule has 1 heterocycles. The standard InChI is InChI=1S/C10H11ClN2/c1-6-8-4-7(5-12)13-10(8)3-2-9(6)11/h2-4,13H,5,12H2,1H3. The number of nitrogens with one attached hydrogen (secondary N) is 1. The molecular formula is C10H11ClN2. The number of aromatic nitrogens is 1. The molecule has 0 aliphatic rings. The van der Waals surface area contributed by atoms with Crippen molar-refractivity contribution in [1.29, 1.82) is 0 Å². The van der Waals surface area contributed by atoms with E-state index in [0.717, 1.165) is 27.2 Å². The molecule has 0 unspecified atom stereocenters. The van der Waals surface area contributed by atoms with Crippen molar-refractivity contribution in [1.82, 2.24) is 4.98 Å². The number of aryl methyl sites for hydroxylation is 1. The molecular weight excluding hydrogens is 184 g/mol. The number of hydrogen-bond donors (Lipinski definition) is 2. The third kappa shape index (κ3) is 1.32. The molecule has 1 aromatic carbocycles. The maximum absolute atomic E-state index is 5.99. The quantitative estimate of drug-likeness (QED) is 0.720. The van der Waals surface area contributed by atoms with Gasteiger partial charge in [-0.1, -0.05) is 11.6 Å². The summed E-state index contributed by atoms with van der Waals surface area (Å²) in [4.78, 5) is 3.23. The Kier molecular flexibility index (Phi) is 2.02. The van der Waals surface area contributed by atoms with Crippen molar-refractivity contribution in [2.45, 2.75) is 13.5 Å². The largest absolute Gasteiger partial charge is 0.357 e. The third-order valence-electron chi connectivity index (χ3n) is 2.28. The number of halogens is 1. The van der Waals surface area contributed by atoms with Crippen molar-refractivity contribution in [2.75, 3.05) is 0 Å². The van der Waals surface area contributed by atoms with E-state index in [0.29, 0.717) is 6.54 Å². The van der Waals surface area contributed by atoms with Gasteiger partial charge in [0.05, 0.1) is 0 Å². The molecule has 0 aliphatic heterocycles. The first kappa shape index (κ1) is 8.60. The first-order chi connectivity index (χ1) is 6.22. The molecule has 1 aromatic heterocycles. The summed E-state index contributed by atoms with van der Waals surface area (Å²) in [5, 5.41) is 1.96. The van der Waals surface area contributed by atoms with Crippen LogP contribution in [0.1, 0.15) is 11.3 Å². The Hall–Kier alpha value is -0.990. The lowest BCUT2D eigenvalue weighted by molar-refractivity contribution is 1.02. The molecule has 68 valence electrons. The first-order valence-electron chi connectivity index (χ1n) is 4.19. The van der Waals surface area contributed by atoms with Crippen molar-refractivity contribution < 1.29 is 0 Å². The minimum atomic E-state index is 0.533. The van der Waals surface area contributed by atoms with Gasteiger partial charge in [-0.05, 0) is 30.7 Å². The fraction of sp³-hybridized carbons (Fsp3) is 0.200. The zero-order chi connectivity index (χ0) is 9.42. The smallest absolute Gasteiger partial charge is 0.0460 e. The summed E-state index contributed by atoms with van der Waals surface area (Å²) in [5.74, 6) is 0. The highest BCUT2D eigenvalue weighted by atomic mass is 35.5. The zero-order valence-corrected chi connectivity index (χ0v) is 8.15. The lowest BCUT2D eigenvalue weighted by Gasteiger charge is -1.97. The summed E-state index contributed by atoms with van der Waals surface area (Å²) in [5.41, 5.74) is 8.79. The van der Waals surface area contributed by atoms with E-state index in [1.54, 1.807) is 0 Å². The maximum atomic E-state index is 5.99. The highest BCUT2D eigenvalue weighted by Gasteiger charge is 2.04. The molecule has 0 bridgehead atoms. The normalized spacial score (nSPS) is 11.0. The molecule has 13 heavy (non-hydrogen) atoms. The van der Waals surface area contributed by atoms with Gasteiger partial charge in [-0.25, -0.2) is 0 Å². The van der Waals surface area contributed by atoms with Gasteiger partial charge in [-0.3, -0.25) is 0 Å². The highest BCUT2D eigenvalue weighted by Crippen LogP contribution is 2.25. The van der Waals surface area contributed by atoms with Crippen LogP contribution in [0.4, 0.5) is 0 Å². The van der Waals surface area contributed by atoms with E-state index in [4.69, 9.17) is 17.3 Å². The fourth-order valence-corrected chi connectivity index (χ4v) is 1.65. The van der Waals surface area contributed by atoms with E-state index in [-0.39, 0.29) is 0 Å². The highest BCUT2D eigenvalue weighted by molar-refractivity contribution is 6.32. The van der Waals surface area contributed by atoms with Crippen LogP contribution in [0, 0.1) is 6.92 Å². The van der Waals surface area contributed by atoms with Gasteiger partial charge in [0.1, 0.15) is 0 Å². The Labute approximate surface area is 81.7 Å². The van der Waals surface area contributed by atoms with Crippen LogP contribution in [-0.4, -0.2) is 4.98 Å². The predicted octanol–water partition coefficient (Wildman–Crippen LogP) is 2.59. The molecule has 0 fully saturated rings. The average molecular weight is 195 g/mol. The van der Waals surface area contributed by atoms with Crippen molar-refractivity contribution in [3.63, 3.8) is 0 Å². The van der Waals surface area contributed by atoms with Gasteiger partial charge in [-0.15, -0.1) is 0 Å². The molecule has 0 atom stereocenters. The lowest BCUT2D eigenvalue weighted by Crippen LogP contribution is -1.94. The van der Waals surface area contributed by atoms with Crippen LogP contribution < -0.4 is 5.73 Å². The second-order valence-corrected chi connectivity index (χ2v) is 3.54. The summed E-state index contributed by atoms with van der Waals surface area (Å²) in [7, 11) is 0. The molecule has 0 spiro atoms. The minimum Gasteiger partial charge on any atom is -0.357 e. The van der Waals surface area contributed by atoms with Crippen LogP contribution >= 0.6 is 11.6 Å². The third-order valence-corrected chi connectivity index (χ3v) is 2.69. The second-order valence-electron chi connectivity index (χ2n) is 3.13. The lowest BCUT2D eigenvalue weighted by atomic mass is 10.1. The molecule has 2 rings (SSSR count). The maximum Gasteiger partial charge on any atom is 0.0460 e. The Morgan fingerprint density at radius 3 is 2.92 bits per heavy atom. The molecule has 0 aliphatic carbocycles. The average Bonchev–Trinajstić information content (AvgIpc) is 2.55. The van der Waals surface area contributed by atoms with E-state index in [1.165, 1.54) is 0 Å². The van der Waals surface area contributed by atoms with Crippen molar-refractivity contribution in [3.05, 3.63) is 34.5 Å². The summed E-state index contributed by atoms with van der Waals surface area (Å²) < 4.78 is 0. The molecule has 2 nitrogen and oxygen atoms in total. The van der Waals surface area contributed by atoms with Crippen LogP contribution in [0.25, 0.3) is 10.9 Å². The molecule has 2 aromatic rings. The minimum absolute atomic E-state index is 0.533. The number of hydrogen-bond acceptors (Lipinski definition) is 1. The predicted molar refractivity (Wildman–Crippen MR) is 55.9 cm³/mol. The van der Waals surface area contributed by atoms with Gasteiger partial charge in [-0.2, -0.15) is 0 Å². The summed E-state index contributed by atoms with van der Waals surface area (Å²) in [6, 6.07) is 5.93. The van der Waals surface area contributed by atoms with E-state index < -0.39 is 0 Å². The van der Waals surface area contributed by atoms with Crippen LogP contribution in [-0.2, 0) is 6.54 Å². The van der Waals surface area contributed by atoms with E-state index in [1.807, 2.05) is 19.1 Å². The van der Waals surface area contributed by atoms with Crippen molar-refractivity contribution in [2.24, 2.45) is 5.73 Å². The Balaban J connectivity index is 2.76. The monoisotopic (exact) mass is 194 g/mol. The van der Waals surface area contributed by atoms with Gasteiger partial charge >= 0.3 is 0 Å².